The van der Waals surface area contributed by atoms with Crippen LogP contribution in [0.15, 0.2) is 57.9 Å². The van der Waals surface area contributed by atoms with Gasteiger partial charge >= 0.3 is 5.76 Å². The maximum absolute atomic E-state index is 11.4. The van der Waals surface area contributed by atoms with E-state index in [1.54, 1.807) is 12.3 Å². The molecule has 32 heavy (non-hydrogen) atoms. The zero-order valence-corrected chi connectivity index (χ0v) is 18.8. The fraction of sp³-hybridized carbons (Fsp3) is 0.292. The van der Waals surface area contributed by atoms with Crippen molar-refractivity contribution in [1.29, 1.82) is 0 Å². The first kappa shape index (κ1) is 21.6. The topological polar surface area (TPSA) is 99.1 Å². The predicted octanol–water partition coefficient (Wildman–Crippen LogP) is 5.11. The number of nitrogens with one attached hydrogen (secondary N) is 3. The summed E-state index contributed by atoms with van der Waals surface area (Å²) in [5.41, 5.74) is 5.02. The lowest BCUT2D eigenvalue weighted by molar-refractivity contribution is 0.234. The standard InChI is InChI=1S/C24H28N6O2/c1-5-30(6-2)16(4)17-8-7-9-18(12-17)27-23-25-14-15(3)22(29-23)26-19-10-11-21-20(13-19)28-24(31)32-21/h7-14,16H,5-6H2,1-4H3,(H,28,31)(H2,25,26,27,29). The molecule has 0 amide bonds. The van der Waals surface area contributed by atoms with Crippen molar-refractivity contribution in [1.82, 2.24) is 19.9 Å². The summed E-state index contributed by atoms with van der Waals surface area (Å²) < 4.78 is 5.06. The third-order valence-corrected chi connectivity index (χ3v) is 5.64. The molecule has 0 fully saturated rings. The minimum Gasteiger partial charge on any atom is -0.408 e. The van der Waals surface area contributed by atoms with E-state index in [4.69, 9.17) is 4.42 Å². The summed E-state index contributed by atoms with van der Waals surface area (Å²) in [5, 5.41) is 6.62. The molecule has 8 heteroatoms. The molecule has 2 aromatic heterocycles. The summed E-state index contributed by atoms with van der Waals surface area (Å²) in [7, 11) is 0. The van der Waals surface area contributed by atoms with Crippen molar-refractivity contribution in [3.63, 3.8) is 0 Å². The zero-order valence-electron chi connectivity index (χ0n) is 18.8. The van der Waals surface area contributed by atoms with E-state index in [1.807, 2.05) is 31.2 Å². The Hall–Kier alpha value is -3.65. The molecule has 0 aliphatic carbocycles. The van der Waals surface area contributed by atoms with Crippen molar-refractivity contribution in [2.75, 3.05) is 23.7 Å². The Morgan fingerprint density at radius 3 is 2.66 bits per heavy atom. The highest BCUT2D eigenvalue weighted by molar-refractivity contribution is 5.78. The molecule has 0 aliphatic heterocycles. The van der Waals surface area contributed by atoms with Crippen molar-refractivity contribution in [3.05, 3.63) is 70.3 Å². The van der Waals surface area contributed by atoms with Gasteiger partial charge in [-0.2, -0.15) is 4.98 Å². The molecule has 4 aromatic rings. The van der Waals surface area contributed by atoms with Crippen LogP contribution in [-0.4, -0.2) is 32.9 Å². The van der Waals surface area contributed by atoms with E-state index in [0.29, 0.717) is 28.9 Å². The van der Waals surface area contributed by atoms with E-state index >= 15 is 0 Å². The lowest BCUT2D eigenvalue weighted by atomic mass is 10.1. The van der Waals surface area contributed by atoms with Crippen molar-refractivity contribution >= 4 is 34.2 Å². The van der Waals surface area contributed by atoms with Gasteiger partial charge in [0, 0.05) is 29.2 Å². The molecule has 0 saturated heterocycles. The SMILES string of the molecule is CCN(CC)C(C)c1cccc(Nc2ncc(C)c(Nc3ccc4oc(=O)[nH]c4c3)n2)c1. The van der Waals surface area contributed by atoms with Gasteiger partial charge in [0.1, 0.15) is 5.82 Å². The van der Waals surface area contributed by atoms with Gasteiger partial charge in [-0.1, -0.05) is 26.0 Å². The Labute approximate surface area is 186 Å². The van der Waals surface area contributed by atoms with E-state index in [0.717, 1.165) is 30.0 Å². The van der Waals surface area contributed by atoms with E-state index < -0.39 is 5.76 Å². The minimum absolute atomic E-state index is 0.326. The Kier molecular flexibility index (Phi) is 6.23. The van der Waals surface area contributed by atoms with Crippen LogP contribution in [0.25, 0.3) is 11.1 Å². The van der Waals surface area contributed by atoms with Crippen molar-refractivity contribution in [2.45, 2.75) is 33.7 Å². The molecule has 1 unspecified atom stereocenters. The average molecular weight is 433 g/mol. The number of oxazole rings is 1. The van der Waals surface area contributed by atoms with Crippen LogP contribution in [0.5, 0.6) is 0 Å². The lowest BCUT2D eigenvalue weighted by Gasteiger charge is -2.27. The van der Waals surface area contributed by atoms with Gasteiger partial charge in [-0.25, -0.2) is 9.78 Å². The van der Waals surface area contributed by atoms with Gasteiger partial charge in [0.05, 0.1) is 5.52 Å². The number of fused-ring (bicyclic) bond motifs is 1. The number of aromatic amines is 1. The first-order valence-corrected chi connectivity index (χ1v) is 10.8. The second-order valence-electron chi connectivity index (χ2n) is 7.72. The van der Waals surface area contributed by atoms with Gasteiger partial charge in [-0.05, 0) is 62.8 Å². The molecular formula is C24H28N6O2. The molecule has 0 aliphatic rings. The number of hydrogen-bond donors (Lipinski definition) is 3. The Bertz CT molecular complexity index is 1270. The fourth-order valence-corrected chi connectivity index (χ4v) is 3.78. The van der Waals surface area contributed by atoms with Crippen LogP contribution in [0.4, 0.5) is 23.1 Å². The van der Waals surface area contributed by atoms with Crippen LogP contribution in [0, 0.1) is 6.92 Å². The van der Waals surface area contributed by atoms with Crippen molar-refractivity contribution in [3.8, 4) is 0 Å². The summed E-state index contributed by atoms with van der Waals surface area (Å²) >= 11 is 0. The van der Waals surface area contributed by atoms with Crippen LogP contribution in [0.1, 0.15) is 37.9 Å². The van der Waals surface area contributed by atoms with Crippen molar-refractivity contribution < 1.29 is 4.42 Å². The van der Waals surface area contributed by atoms with Gasteiger partial charge in [-0.15, -0.1) is 0 Å². The van der Waals surface area contributed by atoms with Gasteiger partial charge in [0.2, 0.25) is 5.95 Å². The molecule has 4 rings (SSSR count). The number of rotatable bonds is 8. The molecule has 0 spiro atoms. The Balaban J connectivity index is 1.55. The number of H-pyrrole nitrogens is 1. The highest BCUT2D eigenvalue weighted by Crippen LogP contribution is 2.26. The normalized spacial score (nSPS) is 12.3. The van der Waals surface area contributed by atoms with Gasteiger partial charge in [0.15, 0.2) is 5.58 Å². The van der Waals surface area contributed by atoms with Crippen LogP contribution in [0.3, 0.4) is 0 Å². The second kappa shape index (κ2) is 9.23. The maximum Gasteiger partial charge on any atom is 0.417 e. The highest BCUT2D eigenvalue weighted by Gasteiger charge is 2.13. The quantitative estimate of drug-likeness (QED) is 0.356. The first-order chi connectivity index (χ1) is 15.5. The van der Waals surface area contributed by atoms with Crippen LogP contribution >= 0.6 is 0 Å². The van der Waals surface area contributed by atoms with E-state index in [1.165, 1.54) is 5.56 Å². The number of benzene rings is 2. The zero-order chi connectivity index (χ0) is 22.7. The van der Waals surface area contributed by atoms with E-state index in [-0.39, 0.29) is 0 Å². The van der Waals surface area contributed by atoms with Crippen molar-refractivity contribution in [2.24, 2.45) is 0 Å². The third-order valence-electron chi connectivity index (χ3n) is 5.64. The fourth-order valence-electron chi connectivity index (χ4n) is 3.78. The smallest absolute Gasteiger partial charge is 0.408 e. The minimum atomic E-state index is -0.473. The van der Waals surface area contributed by atoms with Crippen LogP contribution < -0.4 is 16.4 Å². The average Bonchev–Trinajstić information content (AvgIpc) is 3.16. The summed E-state index contributed by atoms with van der Waals surface area (Å²) in [6.45, 7) is 10.5. The molecular weight excluding hydrogens is 404 g/mol. The Morgan fingerprint density at radius 1 is 1.09 bits per heavy atom. The van der Waals surface area contributed by atoms with E-state index in [9.17, 15) is 4.79 Å². The monoisotopic (exact) mass is 432 g/mol. The third kappa shape index (κ3) is 4.65. The summed E-state index contributed by atoms with van der Waals surface area (Å²) in [6, 6.07) is 14.1. The summed E-state index contributed by atoms with van der Waals surface area (Å²) in [5.74, 6) is 0.711. The summed E-state index contributed by atoms with van der Waals surface area (Å²) in [6.07, 6.45) is 1.78. The Morgan fingerprint density at radius 2 is 1.88 bits per heavy atom. The molecule has 166 valence electrons. The largest absolute Gasteiger partial charge is 0.417 e. The molecule has 3 N–H and O–H groups in total. The molecule has 0 radical (unpaired) electrons. The molecule has 1 atom stereocenters. The molecule has 0 saturated carbocycles. The number of aromatic nitrogens is 3. The van der Waals surface area contributed by atoms with Crippen LogP contribution in [0.2, 0.25) is 0 Å². The number of hydrogen-bond acceptors (Lipinski definition) is 7. The van der Waals surface area contributed by atoms with Gasteiger partial charge < -0.3 is 15.1 Å². The second-order valence-corrected chi connectivity index (χ2v) is 7.72. The lowest BCUT2D eigenvalue weighted by Crippen LogP contribution is -2.26. The molecule has 0 bridgehead atoms. The van der Waals surface area contributed by atoms with E-state index in [2.05, 4.69) is 63.4 Å². The number of nitrogens with zero attached hydrogens (tertiary/aromatic N) is 3. The number of anilines is 4. The first-order valence-electron chi connectivity index (χ1n) is 10.8. The van der Waals surface area contributed by atoms with Gasteiger partial charge in [0.25, 0.3) is 0 Å². The molecule has 2 aromatic carbocycles. The van der Waals surface area contributed by atoms with Crippen LogP contribution in [-0.2, 0) is 0 Å². The maximum atomic E-state index is 11.4. The van der Waals surface area contributed by atoms with Gasteiger partial charge in [-0.3, -0.25) is 9.88 Å². The predicted molar refractivity (Wildman–Crippen MR) is 128 cm³/mol. The number of aryl methyl sites for hydroxylation is 1. The highest BCUT2D eigenvalue weighted by atomic mass is 16.4. The molecule has 8 nitrogen and oxygen atoms in total. The summed E-state index contributed by atoms with van der Waals surface area (Å²) in [4.78, 5) is 25.6. The molecule has 2 heterocycles.